The van der Waals surface area contributed by atoms with E-state index in [4.69, 9.17) is 0 Å². The summed E-state index contributed by atoms with van der Waals surface area (Å²) >= 11 is 2.48. The third-order valence-electron chi connectivity index (χ3n) is 7.00. The summed E-state index contributed by atoms with van der Waals surface area (Å²) in [6.07, 6.45) is 20.8. The number of pyridine rings is 1. The Morgan fingerprint density at radius 2 is 1.35 bits per heavy atom. The van der Waals surface area contributed by atoms with Gasteiger partial charge in [0.15, 0.2) is 0 Å². The molecule has 0 aromatic carbocycles. The van der Waals surface area contributed by atoms with E-state index in [0.29, 0.717) is 5.56 Å². The minimum absolute atomic E-state index is 0.000133. The third kappa shape index (κ3) is 12.7. The van der Waals surface area contributed by atoms with Crippen molar-refractivity contribution in [2.75, 3.05) is 48.6 Å². The highest BCUT2D eigenvalue weighted by atomic mass is 127. The molecule has 1 aromatic rings. The molecule has 0 bridgehead atoms. The molecule has 0 spiro atoms. The van der Waals surface area contributed by atoms with Crippen molar-refractivity contribution >= 4 is 34.3 Å². The molecule has 0 radical (unpaired) electrons. The number of nitrogens with zero attached hydrogens (tertiary/aromatic N) is 3. The van der Waals surface area contributed by atoms with Gasteiger partial charge in [-0.05, 0) is 35.9 Å². The van der Waals surface area contributed by atoms with E-state index < -0.39 is 0 Å². The summed E-state index contributed by atoms with van der Waals surface area (Å²) in [5.41, 5.74) is 0.663. The number of anilines is 1. The van der Waals surface area contributed by atoms with Gasteiger partial charge in [0, 0.05) is 38.9 Å². The number of rotatable bonds is 19. The summed E-state index contributed by atoms with van der Waals surface area (Å²) in [6.45, 7) is 8.26. The first kappa shape index (κ1) is 29.3. The van der Waals surface area contributed by atoms with Gasteiger partial charge < -0.3 is 15.1 Å². The van der Waals surface area contributed by atoms with Gasteiger partial charge in [0.25, 0.3) is 5.91 Å². The average Bonchev–Trinajstić information content (AvgIpc) is 2.88. The van der Waals surface area contributed by atoms with E-state index in [2.05, 4.69) is 49.6 Å². The summed E-state index contributed by atoms with van der Waals surface area (Å²) in [4.78, 5) is 21.7. The van der Waals surface area contributed by atoms with Crippen molar-refractivity contribution in [1.82, 2.24) is 15.2 Å². The zero-order chi connectivity index (χ0) is 24.3. The molecule has 0 unspecified atom stereocenters. The minimum atomic E-state index is -0.000133. The van der Waals surface area contributed by atoms with Crippen LogP contribution in [0.1, 0.15) is 107 Å². The fourth-order valence-corrected chi connectivity index (χ4v) is 5.18. The van der Waals surface area contributed by atoms with Crippen LogP contribution in [0.3, 0.4) is 0 Å². The maximum atomic E-state index is 12.4. The van der Waals surface area contributed by atoms with E-state index in [1.165, 1.54) is 87.9 Å². The van der Waals surface area contributed by atoms with Crippen LogP contribution in [-0.4, -0.2) is 59.5 Å². The number of alkyl halides is 1. The molecular weight excluding hydrogens is 535 g/mol. The van der Waals surface area contributed by atoms with Crippen LogP contribution in [0.15, 0.2) is 18.3 Å². The smallest absolute Gasteiger partial charge is 0.252 e. The molecule has 34 heavy (non-hydrogen) atoms. The van der Waals surface area contributed by atoms with Crippen molar-refractivity contribution in [3.8, 4) is 0 Å². The lowest BCUT2D eigenvalue weighted by atomic mass is 10.0. The summed E-state index contributed by atoms with van der Waals surface area (Å²) in [6, 6.07) is 3.90. The topological polar surface area (TPSA) is 48.5 Å². The molecule has 5 nitrogen and oxygen atoms in total. The highest BCUT2D eigenvalue weighted by Crippen LogP contribution is 2.15. The Hall–Kier alpha value is -0.890. The van der Waals surface area contributed by atoms with Crippen LogP contribution in [0.4, 0.5) is 5.82 Å². The number of carbonyl (C=O) groups is 1. The molecule has 1 N–H and O–H groups in total. The number of nitrogens with one attached hydrogen (secondary N) is 1. The maximum Gasteiger partial charge on any atom is 0.252 e. The molecule has 0 saturated carbocycles. The molecule has 1 aromatic heterocycles. The van der Waals surface area contributed by atoms with Gasteiger partial charge in [-0.1, -0.05) is 107 Å². The standard InChI is InChI=1S/C28H49IN4O/c1-2-32-21-23-33(24-22-32)27-18-17-26(25-31-27)28(34)30-20-16-14-12-10-8-6-4-3-5-7-9-11-13-15-19-29/h17-18,25H,2-16,19-24H2,1H3,(H,30,34). The largest absolute Gasteiger partial charge is 0.354 e. The van der Waals surface area contributed by atoms with Crippen LogP contribution in [-0.2, 0) is 0 Å². The number of likely N-dealkylation sites (N-methyl/N-ethyl adjacent to an activating group) is 1. The zero-order valence-electron chi connectivity index (χ0n) is 21.7. The molecule has 1 aliphatic rings. The van der Waals surface area contributed by atoms with Crippen LogP contribution in [0.2, 0.25) is 0 Å². The second-order valence-electron chi connectivity index (χ2n) is 9.72. The zero-order valence-corrected chi connectivity index (χ0v) is 23.9. The summed E-state index contributed by atoms with van der Waals surface area (Å²) in [7, 11) is 0. The Morgan fingerprint density at radius 1 is 0.824 bits per heavy atom. The van der Waals surface area contributed by atoms with Crippen molar-refractivity contribution in [3.63, 3.8) is 0 Å². The molecule has 0 aliphatic carbocycles. The number of aromatic nitrogens is 1. The van der Waals surface area contributed by atoms with Crippen molar-refractivity contribution in [2.24, 2.45) is 0 Å². The van der Waals surface area contributed by atoms with E-state index in [9.17, 15) is 4.79 Å². The Balaban J connectivity index is 1.41. The number of amides is 1. The van der Waals surface area contributed by atoms with E-state index >= 15 is 0 Å². The van der Waals surface area contributed by atoms with Crippen LogP contribution in [0.5, 0.6) is 0 Å². The number of piperazine rings is 1. The second-order valence-corrected chi connectivity index (χ2v) is 10.8. The van der Waals surface area contributed by atoms with Crippen molar-refractivity contribution in [3.05, 3.63) is 23.9 Å². The van der Waals surface area contributed by atoms with Gasteiger partial charge in [-0.25, -0.2) is 4.98 Å². The van der Waals surface area contributed by atoms with Gasteiger partial charge in [0.1, 0.15) is 5.82 Å². The van der Waals surface area contributed by atoms with Gasteiger partial charge in [-0.3, -0.25) is 4.79 Å². The van der Waals surface area contributed by atoms with E-state index in [1.807, 2.05) is 12.1 Å². The van der Waals surface area contributed by atoms with Crippen molar-refractivity contribution in [2.45, 2.75) is 96.8 Å². The maximum absolute atomic E-state index is 12.4. The molecule has 1 fully saturated rings. The Morgan fingerprint density at radius 3 is 1.82 bits per heavy atom. The Bertz CT molecular complexity index is 632. The highest BCUT2D eigenvalue weighted by molar-refractivity contribution is 14.1. The molecule has 194 valence electrons. The average molecular weight is 585 g/mol. The Kier molecular flexibility index (Phi) is 16.7. The normalized spacial score (nSPS) is 14.5. The predicted molar refractivity (Wildman–Crippen MR) is 154 cm³/mol. The van der Waals surface area contributed by atoms with Crippen LogP contribution in [0, 0.1) is 0 Å². The van der Waals surface area contributed by atoms with Gasteiger partial charge in [0.05, 0.1) is 5.56 Å². The number of unbranched alkanes of at least 4 members (excludes halogenated alkanes) is 13. The monoisotopic (exact) mass is 584 g/mol. The lowest BCUT2D eigenvalue weighted by Crippen LogP contribution is -2.46. The lowest BCUT2D eigenvalue weighted by Gasteiger charge is -2.34. The minimum Gasteiger partial charge on any atom is -0.354 e. The molecule has 6 heteroatoms. The molecule has 1 aliphatic heterocycles. The molecular formula is C28H49IN4O. The third-order valence-corrected chi connectivity index (χ3v) is 7.76. The summed E-state index contributed by atoms with van der Waals surface area (Å²) < 4.78 is 1.32. The molecule has 1 saturated heterocycles. The predicted octanol–water partition coefficient (Wildman–Crippen LogP) is 6.85. The molecule has 0 atom stereocenters. The van der Waals surface area contributed by atoms with Crippen LogP contribution in [0.25, 0.3) is 0 Å². The molecule has 2 rings (SSSR count). The molecule has 2 heterocycles. The van der Waals surface area contributed by atoms with Crippen LogP contribution < -0.4 is 10.2 Å². The summed E-state index contributed by atoms with van der Waals surface area (Å²) in [5.74, 6) is 0.981. The van der Waals surface area contributed by atoms with E-state index in [1.54, 1.807) is 6.20 Å². The highest BCUT2D eigenvalue weighted by Gasteiger charge is 2.17. The van der Waals surface area contributed by atoms with Gasteiger partial charge >= 0.3 is 0 Å². The number of hydrogen-bond donors (Lipinski definition) is 1. The van der Waals surface area contributed by atoms with Crippen molar-refractivity contribution < 1.29 is 4.79 Å². The second kappa shape index (κ2) is 19.3. The van der Waals surface area contributed by atoms with Gasteiger partial charge in [0.2, 0.25) is 0 Å². The van der Waals surface area contributed by atoms with Gasteiger partial charge in [-0.15, -0.1) is 0 Å². The lowest BCUT2D eigenvalue weighted by molar-refractivity contribution is 0.0952. The number of hydrogen-bond acceptors (Lipinski definition) is 4. The van der Waals surface area contributed by atoms with E-state index in [0.717, 1.165) is 51.5 Å². The first-order valence-electron chi connectivity index (χ1n) is 14.0. The van der Waals surface area contributed by atoms with E-state index in [-0.39, 0.29) is 5.91 Å². The quantitative estimate of drug-likeness (QED) is 0.110. The first-order chi connectivity index (χ1) is 16.7. The van der Waals surface area contributed by atoms with Crippen molar-refractivity contribution in [1.29, 1.82) is 0 Å². The van der Waals surface area contributed by atoms with Crippen LogP contribution >= 0.6 is 22.6 Å². The number of carbonyl (C=O) groups excluding carboxylic acids is 1. The SMILES string of the molecule is CCN1CCN(c2ccc(C(=O)NCCCCCCCCCCCCCCCCI)cn2)CC1. The fourth-order valence-electron chi connectivity index (χ4n) is 4.65. The Labute approximate surface area is 223 Å². The summed E-state index contributed by atoms with van der Waals surface area (Å²) in [5, 5.41) is 3.06. The first-order valence-corrected chi connectivity index (χ1v) is 15.5. The fraction of sp³-hybridized carbons (Fsp3) is 0.786. The molecule has 1 amide bonds. The van der Waals surface area contributed by atoms with Gasteiger partial charge in [-0.2, -0.15) is 0 Å². The number of halogens is 1.